The van der Waals surface area contributed by atoms with Gasteiger partial charge in [0.1, 0.15) is 4.33 Å². The lowest BCUT2D eigenvalue weighted by Crippen LogP contribution is -2.32. The highest BCUT2D eigenvalue weighted by Crippen LogP contribution is 2.63. The Morgan fingerprint density at radius 2 is 2.29 bits per heavy atom. The fourth-order valence-electron chi connectivity index (χ4n) is 1.94. The molecule has 1 saturated carbocycles. The van der Waals surface area contributed by atoms with E-state index in [2.05, 4.69) is 20.4 Å². The van der Waals surface area contributed by atoms with Crippen LogP contribution in [0.5, 0.6) is 0 Å². The second-order valence-electron chi connectivity index (χ2n) is 5.15. The van der Waals surface area contributed by atoms with Crippen LogP contribution in [-0.4, -0.2) is 25.4 Å². The minimum atomic E-state index is -0.993. The van der Waals surface area contributed by atoms with Crippen LogP contribution in [0, 0.1) is 5.41 Å². The summed E-state index contributed by atoms with van der Waals surface area (Å²) in [6, 6.07) is 3.60. The summed E-state index contributed by atoms with van der Waals surface area (Å²) in [6.07, 6.45) is 3.72. The molecule has 1 aliphatic carbocycles. The van der Waals surface area contributed by atoms with Crippen LogP contribution in [0.15, 0.2) is 29.0 Å². The van der Waals surface area contributed by atoms with Crippen LogP contribution in [-0.2, 0) is 11.3 Å². The molecule has 1 aliphatic rings. The standard InChI is InChI=1S/C13H12Cl2N4O2/c1-12(7-13(12,14)15)11(20)17-6-9-18-10(19-21-9)8-3-2-4-16-5-8/h2-5H,6-7H2,1H3,(H,17,20)/t12-/m0/s1. The third-order valence-electron chi connectivity index (χ3n) is 3.55. The van der Waals surface area contributed by atoms with Gasteiger partial charge in [0.15, 0.2) is 0 Å². The van der Waals surface area contributed by atoms with Gasteiger partial charge in [-0.1, -0.05) is 5.16 Å². The largest absolute Gasteiger partial charge is 0.346 e. The molecule has 2 heterocycles. The second kappa shape index (κ2) is 4.96. The van der Waals surface area contributed by atoms with Gasteiger partial charge in [0.25, 0.3) is 0 Å². The van der Waals surface area contributed by atoms with Gasteiger partial charge in [-0.15, -0.1) is 23.2 Å². The Bertz CT molecular complexity index is 674. The second-order valence-corrected chi connectivity index (χ2v) is 6.63. The molecule has 21 heavy (non-hydrogen) atoms. The molecule has 1 amide bonds. The Morgan fingerprint density at radius 1 is 1.52 bits per heavy atom. The van der Waals surface area contributed by atoms with Crippen molar-refractivity contribution < 1.29 is 9.32 Å². The molecule has 1 fully saturated rings. The number of carbonyl (C=O) groups is 1. The van der Waals surface area contributed by atoms with E-state index in [4.69, 9.17) is 27.7 Å². The zero-order chi connectivity index (χ0) is 15.1. The lowest BCUT2D eigenvalue weighted by atomic mass is 10.1. The summed E-state index contributed by atoms with van der Waals surface area (Å²) >= 11 is 11.9. The molecule has 2 aromatic rings. The van der Waals surface area contributed by atoms with E-state index in [0.29, 0.717) is 18.1 Å². The molecule has 0 spiro atoms. The molecule has 1 atom stereocenters. The molecular weight excluding hydrogens is 315 g/mol. The number of hydrogen-bond donors (Lipinski definition) is 1. The highest BCUT2D eigenvalue weighted by molar-refractivity contribution is 6.53. The Morgan fingerprint density at radius 3 is 2.90 bits per heavy atom. The Hall–Kier alpha value is -1.66. The van der Waals surface area contributed by atoms with E-state index in [0.717, 1.165) is 5.56 Å². The molecule has 1 N–H and O–H groups in total. The van der Waals surface area contributed by atoms with Crippen LogP contribution in [0.1, 0.15) is 19.2 Å². The Balaban J connectivity index is 1.63. The molecule has 0 bridgehead atoms. The van der Waals surface area contributed by atoms with Crippen molar-refractivity contribution in [3.63, 3.8) is 0 Å². The van der Waals surface area contributed by atoms with Crippen LogP contribution in [0.25, 0.3) is 11.4 Å². The van der Waals surface area contributed by atoms with Crippen LogP contribution in [0.3, 0.4) is 0 Å². The Labute approximate surface area is 130 Å². The van der Waals surface area contributed by atoms with Crippen molar-refractivity contribution >= 4 is 29.1 Å². The van der Waals surface area contributed by atoms with Crippen LogP contribution < -0.4 is 5.32 Å². The smallest absolute Gasteiger partial charge is 0.246 e. The number of hydrogen-bond acceptors (Lipinski definition) is 5. The van der Waals surface area contributed by atoms with Gasteiger partial charge in [0.2, 0.25) is 17.6 Å². The first-order chi connectivity index (χ1) is 9.92. The van der Waals surface area contributed by atoms with E-state index in [1.807, 2.05) is 6.07 Å². The van der Waals surface area contributed by atoms with Crippen molar-refractivity contribution in [2.45, 2.75) is 24.2 Å². The molecule has 6 nitrogen and oxygen atoms in total. The van der Waals surface area contributed by atoms with Gasteiger partial charge in [-0.05, 0) is 25.5 Å². The van der Waals surface area contributed by atoms with Gasteiger partial charge in [-0.2, -0.15) is 4.98 Å². The number of carbonyl (C=O) groups excluding carboxylic acids is 1. The minimum Gasteiger partial charge on any atom is -0.346 e. The molecule has 8 heteroatoms. The van der Waals surface area contributed by atoms with E-state index in [1.165, 1.54) is 0 Å². The third-order valence-corrected chi connectivity index (χ3v) is 4.65. The average molecular weight is 327 g/mol. The number of halogens is 2. The predicted octanol–water partition coefficient (Wildman–Crippen LogP) is 2.33. The van der Waals surface area contributed by atoms with Gasteiger partial charge in [-0.25, -0.2) is 0 Å². The van der Waals surface area contributed by atoms with Crippen molar-refractivity contribution in [2.24, 2.45) is 5.41 Å². The van der Waals surface area contributed by atoms with Crippen molar-refractivity contribution in [3.8, 4) is 11.4 Å². The fraction of sp³-hybridized carbons (Fsp3) is 0.385. The van der Waals surface area contributed by atoms with Crippen molar-refractivity contribution in [2.75, 3.05) is 0 Å². The van der Waals surface area contributed by atoms with E-state index in [-0.39, 0.29) is 12.5 Å². The maximum absolute atomic E-state index is 12.0. The van der Waals surface area contributed by atoms with Crippen molar-refractivity contribution in [3.05, 3.63) is 30.4 Å². The first kappa shape index (κ1) is 14.3. The number of nitrogens with zero attached hydrogens (tertiary/aromatic N) is 3. The monoisotopic (exact) mass is 326 g/mol. The zero-order valence-corrected chi connectivity index (χ0v) is 12.6. The molecule has 0 unspecified atom stereocenters. The van der Waals surface area contributed by atoms with Crippen molar-refractivity contribution in [1.82, 2.24) is 20.4 Å². The number of aromatic nitrogens is 3. The topological polar surface area (TPSA) is 80.9 Å². The third kappa shape index (κ3) is 2.61. The summed E-state index contributed by atoms with van der Waals surface area (Å²) in [5.74, 6) is 0.504. The molecule has 0 saturated heterocycles. The van der Waals surface area contributed by atoms with E-state index < -0.39 is 9.75 Å². The molecule has 0 aliphatic heterocycles. The first-order valence-electron chi connectivity index (χ1n) is 6.31. The average Bonchev–Trinajstić information content (AvgIpc) is 2.83. The highest BCUT2D eigenvalue weighted by Gasteiger charge is 2.67. The number of alkyl halides is 2. The summed E-state index contributed by atoms with van der Waals surface area (Å²) in [6.45, 7) is 1.85. The summed E-state index contributed by atoms with van der Waals surface area (Å²) in [5, 5.41) is 6.54. The fourth-order valence-corrected chi connectivity index (χ4v) is 2.64. The summed E-state index contributed by atoms with van der Waals surface area (Å²) in [5.41, 5.74) is -0.0176. The molecule has 110 valence electrons. The molecule has 0 aromatic carbocycles. The van der Waals surface area contributed by atoms with Gasteiger partial charge in [0.05, 0.1) is 12.0 Å². The lowest BCUT2D eigenvalue weighted by Gasteiger charge is -2.10. The predicted molar refractivity (Wildman–Crippen MR) is 76.5 cm³/mol. The molecule has 3 rings (SSSR count). The van der Waals surface area contributed by atoms with Gasteiger partial charge < -0.3 is 9.84 Å². The normalized spacial score (nSPS) is 22.8. The zero-order valence-electron chi connectivity index (χ0n) is 11.1. The van der Waals surface area contributed by atoms with Crippen LogP contribution >= 0.6 is 23.2 Å². The Kier molecular flexibility index (Phi) is 3.37. The molecule has 2 aromatic heterocycles. The number of nitrogens with one attached hydrogen (secondary N) is 1. The quantitative estimate of drug-likeness (QED) is 0.872. The van der Waals surface area contributed by atoms with E-state index in [9.17, 15) is 4.79 Å². The van der Waals surface area contributed by atoms with E-state index >= 15 is 0 Å². The SMILES string of the molecule is C[C@@]1(C(=O)NCc2nc(-c3cccnc3)no2)CC1(Cl)Cl. The number of rotatable bonds is 4. The van der Waals surface area contributed by atoms with Gasteiger partial charge >= 0.3 is 0 Å². The van der Waals surface area contributed by atoms with Gasteiger partial charge in [-0.3, -0.25) is 9.78 Å². The maximum atomic E-state index is 12.0. The van der Waals surface area contributed by atoms with Crippen molar-refractivity contribution in [1.29, 1.82) is 0 Å². The summed E-state index contributed by atoms with van der Waals surface area (Å²) < 4.78 is 4.09. The first-order valence-corrected chi connectivity index (χ1v) is 7.07. The summed E-state index contributed by atoms with van der Waals surface area (Å²) in [7, 11) is 0. The molecule has 0 radical (unpaired) electrons. The number of pyridine rings is 1. The highest BCUT2D eigenvalue weighted by atomic mass is 35.5. The minimum absolute atomic E-state index is 0.130. The number of amides is 1. The summed E-state index contributed by atoms with van der Waals surface area (Å²) in [4.78, 5) is 20.2. The maximum Gasteiger partial charge on any atom is 0.246 e. The van der Waals surface area contributed by atoms with Crippen LogP contribution in [0.2, 0.25) is 0 Å². The molecular formula is C13H12Cl2N4O2. The van der Waals surface area contributed by atoms with Crippen LogP contribution in [0.4, 0.5) is 0 Å². The van der Waals surface area contributed by atoms with E-state index in [1.54, 1.807) is 25.4 Å². The van der Waals surface area contributed by atoms with Gasteiger partial charge in [0, 0.05) is 18.0 Å². The lowest BCUT2D eigenvalue weighted by molar-refractivity contribution is -0.126.